The van der Waals surface area contributed by atoms with Gasteiger partial charge in [0.1, 0.15) is 0 Å². The zero-order chi connectivity index (χ0) is 16.0. The fourth-order valence-corrected chi connectivity index (χ4v) is 2.59. The molecule has 0 saturated heterocycles. The van der Waals surface area contributed by atoms with Crippen molar-refractivity contribution in [1.29, 1.82) is 0 Å². The van der Waals surface area contributed by atoms with Gasteiger partial charge in [0.25, 0.3) is 0 Å². The first-order valence-electron chi connectivity index (χ1n) is 6.85. The summed E-state index contributed by atoms with van der Waals surface area (Å²) in [7, 11) is 0. The number of hydrogen-bond acceptors (Lipinski definition) is 3. The zero-order valence-electron chi connectivity index (χ0n) is 12.5. The molecule has 1 aromatic rings. The van der Waals surface area contributed by atoms with Crippen molar-refractivity contribution in [1.82, 2.24) is 4.90 Å². The molecule has 116 valence electrons. The predicted molar refractivity (Wildman–Crippen MR) is 91.5 cm³/mol. The fraction of sp³-hybridized carbons (Fsp3) is 0.467. The average molecular weight is 404 g/mol. The van der Waals surface area contributed by atoms with Gasteiger partial charge in [-0.15, -0.1) is 0 Å². The van der Waals surface area contributed by atoms with Crippen molar-refractivity contribution >= 4 is 40.2 Å². The number of halogens is 1. The lowest BCUT2D eigenvalue weighted by Crippen LogP contribution is -2.42. The lowest BCUT2D eigenvalue weighted by atomic mass is 10.2. The first-order chi connectivity index (χ1) is 9.83. The predicted octanol–water partition coefficient (Wildman–Crippen LogP) is 2.72. The minimum absolute atomic E-state index is 0.0460. The minimum atomic E-state index is -0.923. The summed E-state index contributed by atoms with van der Waals surface area (Å²) in [5, 5.41) is 11.8. The van der Waals surface area contributed by atoms with Crippen molar-refractivity contribution in [3.8, 4) is 0 Å². The summed E-state index contributed by atoms with van der Waals surface area (Å²) in [5.41, 5.74) is 1.75. The van der Waals surface area contributed by atoms with Gasteiger partial charge >= 0.3 is 5.97 Å². The SMILES string of the molecule is CCC(C)N(CC(=O)O)CC(=O)Nc1ccc(I)cc1C. The molecule has 0 bridgehead atoms. The van der Waals surface area contributed by atoms with Gasteiger partial charge in [0.2, 0.25) is 5.91 Å². The highest BCUT2D eigenvalue weighted by Gasteiger charge is 2.19. The third-order valence-electron chi connectivity index (χ3n) is 3.36. The second-order valence-corrected chi connectivity index (χ2v) is 6.31. The maximum absolute atomic E-state index is 12.1. The molecule has 1 amide bonds. The van der Waals surface area contributed by atoms with Crippen molar-refractivity contribution in [2.45, 2.75) is 33.2 Å². The van der Waals surface area contributed by atoms with E-state index >= 15 is 0 Å². The number of carbonyl (C=O) groups is 2. The maximum Gasteiger partial charge on any atom is 0.317 e. The van der Waals surface area contributed by atoms with Crippen LogP contribution in [-0.2, 0) is 9.59 Å². The van der Waals surface area contributed by atoms with E-state index in [1.807, 2.05) is 39.0 Å². The molecule has 0 aliphatic carbocycles. The van der Waals surface area contributed by atoms with Gasteiger partial charge in [-0.3, -0.25) is 14.5 Å². The average Bonchev–Trinajstić information content (AvgIpc) is 2.39. The molecule has 1 rings (SSSR count). The number of amides is 1. The fourth-order valence-electron chi connectivity index (χ4n) is 1.94. The van der Waals surface area contributed by atoms with E-state index in [9.17, 15) is 9.59 Å². The molecule has 5 nitrogen and oxygen atoms in total. The van der Waals surface area contributed by atoms with Crippen LogP contribution in [0.25, 0.3) is 0 Å². The number of hydrogen-bond donors (Lipinski definition) is 2. The van der Waals surface area contributed by atoms with Crippen LogP contribution in [0, 0.1) is 10.5 Å². The Balaban J connectivity index is 2.71. The van der Waals surface area contributed by atoms with Gasteiger partial charge < -0.3 is 10.4 Å². The molecule has 21 heavy (non-hydrogen) atoms. The minimum Gasteiger partial charge on any atom is -0.480 e. The smallest absolute Gasteiger partial charge is 0.317 e. The van der Waals surface area contributed by atoms with Gasteiger partial charge in [-0.1, -0.05) is 6.92 Å². The van der Waals surface area contributed by atoms with Crippen LogP contribution in [0.5, 0.6) is 0 Å². The van der Waals surface area contributed by atoms with E-state index in [1.54, 1.807) is 4.90 Å². The second kappa shape index (κ2) is 8.33. The van der Waals surface area contributed by atoms with Crippen LogP contribution in [0.1, 0.15) is 25.8 Å². The van der Waals surface area contributed by atoms with E-state index in [0.29, 0.717) is 0 Å². The normalized spacial score (nSPS) is 12.2. The standard InChI is InChI=1S/C15H21IN2O3/c1-4-11(3)18(9-15(20)21)8-14(19)17-13-6-5-12(16)7-10(13)2/h5-7,11H,4,8-9H2,1-3H3,(H,17,19)(H,20,21). The molecular formula is C15H21IN2O3. The molecule has 1 unspecified atom stereocenters. The van der Waals surface area contributed by atoms with Gasteiger partial charge in [-0.25, -0.2) is 0 Å². The number of aliphatic carboxylic acids is 1. The Labute approximate surface area is 138 Å². The summed E-state index contributed by atoms with van der Waals surface area (Å²) >= 11 is 2.22. The largest absolute Gasteiger partial charge is 0.480 e. The Bertz CT molecular complexity index is 520. The van der Waals surface area contributed by atoms with Gasteiger partial charge in [-0.05, 0) is 66.6 Å². The summed E-state index contributed by atoms with van der Waals surface area (Å²) < 4.78 is 1.11. The molecule has 1 aromatic carbocycles. The number of carbonyl (C=O) groups excluding carboxylic acids is 1. The number of nitrogens with zero attached hydrogens (tertiary/aromatic N) is 1. The van der Waals surface area contributed by atoms with Crippen LogP contribution in [0.3, 0.4) is 0 Å². The highest BCUT2D eigenvalue weighted by atomic mass is 127. The molecule has 0 spiro atoms. The molecule has 0 aromatic heterocycles. The molecule has 2 N–H and O–H groups in total. The van der Waals surface area contributed by atoms with Gasteiger partial charge in [0.05, 0.1) is 13.1 Å². The van der Waals surface area contributed by atoms with Crippen LogP contribution in [0.4, 0.5) is 5.69 Å². The van der Waals surface area contributed by atoms with E-state index in [2.05, 4.69) is 27.9 Å². The quantitative estimate of drug-likeness (QED) is 0.686. The van der Waals surface area contributed by atoms with Crippen molar-refractivity contribution < 1.29 is 14.7 Å². The third kappa shape index (κ3) is 6.01. The van der Waals surface area contributed by atoms with E-state index in [1.165, 1.54) is 0 Å². The molecule has 0 aliphatic heterocycles. The van der Waals surface area contributed by atoms with E-state index in [-0.39, 0.29) is 25.0 Å². The van der Waals surface area contributed by atoms with Crippen LogP contribution < -0.4 is 5.32 Å². The summed E-state index contributed by atoms with van der Waals surface area (Å²) in [5.74, 6) is -1.12. The van der Waals surface area contributed by atoms with Crippen LogP contribution in [-0.4, -0.2) is 41.0 Å². The van der Waals surface area contributed by atoms with Gasteiger partial charge in [0, 0.05) is 15.3 Å². The number of benzene rings is 1. The topological polar surface area (TPSA) is 69.6 Å². The number of carboxylic acids is 1. The van der Waals surface area contributed by atoms with Crippen molar-refractivity contribution in [3.05, 3.63) is 27.3 Å². The lowest BCUT2D eigenvalue weighted by molar-refractivity contribution is -0.139. The Morgan fingerprint density at radius 3 is 2.57 bits per heavy atom. The van der Waals surface area contributed by atoms with Gasteiger partial charge in [0.15, 0.2) is 0 Å². The van der Waals surface area contributed by atoms with Crippen LogP contribution in [0.15, 0.2) is 18.2 Å². The van der Waals surface area contributed by atoms with E-state index in [4.69, 9.17) is 5.11 Å². The highest BCUT2D eigenvalue weighted by Crippen LogP contribution is 2.17. The number of anilines is 1. The van der Waals surface area contributed by atoms with Gasteiger partial charge in [-0.2, -0.15) is 0 Å². The monoisotopic (exact) mass is 404 g/mol. The number of rotatable bonds is 7. The van der Waals surface area contributed by atoms with Crippen molar-refractivity contribution in [2.24, 2.45) is 0 Å². The molecule has 0 saturated carbocycles. The molecule has 1 atom stereocenters. The molecule has 0 heterocycles. The number of aryl methyl sites for hydroxylation is 1. The molecule has 0 fully saturated rings. The molecular weight excluding hydrogens is 383 g/mol. The Hall–Kier alpha value is -1.15. The van der Waals surface area contributed by atoms with E-state index in [0.717, 1.165) is 21.2 Å². The summed E-state index contributed by atoms with van der Waals surface area (Å²) in [4.78, 5) is 24.7. The second-order valence-electron chi connectivity index (χ2n) is 5.06. The van der Waals surface area contributed by atoms with Crippen LogP contribution in [0.2, 0.25) is 0 Å². The van der Waals surface area contributed by atoms with Crippen LogP contribution >= 0.6 is 22.6 Å². The summed E-state index contributed by atoms with van der Waals surface area (Å²) in [6.07, 6.45) is 0.795. The zero-order valence-corrected chi connectivity index (χ0v) is 14.7. The lowest BCUT2D eigenvalue weighted by Gasteiger charge is -2.26. The molecule has 6 heteroatoms. The van der Waals surface area contributed by atoms with Crippen molar-refractivity contribution in [3.63, 3.8) is 0 Å². The summed E-state index contributed by atoms with van der Waals surface area (Å²) in [6, 6.07) is 5.82. The number of nitrogens with one attached hydrogen (secondary N) is 1. The van der Waals surface area contributed by atoms with E-state index < -0.39 is 5.97 Å². The first kappa shape index (κ1) is 17.9. The highest BCUT2D eigenvalue weighted by molar-refractivity contribution is 14.1. The Kier molecular flexibility index (Phi) is 7.10. The molecule has 0 aliphatic rings. The first-order valence-corrected chi connectivity index (χ1v) is 7.93. The third-order valence-corrected chi connectivity index (χ3v) is 4.03. The Morgan fingerprint density at radius 2 is 2.05 bits per heavy atom. The Morgan fingerprint density at radius 1 is 1.38 bits per heavy atom. The summed E-state index contributed by atoms with van der Waals surface area (Å²) in [6.45, 7) is 5.77. The number of carboxylic acid groups (broad SMARTS) is 1. The molecule has 0 radical (unpaired) electrons. The van der Waals surface area contributed by atoms with Crippen molar-refractivity contribution in [2.75, 3.05) is 18.4 Å². The maximum atomic E-state index is 12.1.